The molecular weight excluding hydrogens is 348 g/mol. The molecule has 1 fully saturated rings. The van der Waals surface area contributed by atoms with Gasteiger partial charge in [0.25, 0.3) is 0 Å². The standard InChI is InChI=1S/C21H26O6/c1-21-9-7-6-8-13(21)19(22)17(20(23)27-5)18(21)16-14(25-3)10-12(24-2)11-15(16)26-4/h8,10-11,17-18H,6-7,9H2,1-5H3/t17-,18-,21-/m0/s1. The van der Waals surface area contributed by atoms with E-state index >= 15 is 0 Å². The zero-order valence-electron chi connectivity index (χ0n) is 16.5. The molecule has 6 heteroatoms. The van der Waals surface area contributed by atoms with Crippen LogP contribution in [0.2, 0.25) is 0 Å². The smallest absolute Gasteiger partial charge is 0.317 e. The van der Waals surface area contributed by atoms with Gasteiger partial charge < -0.3 is 18.9 Å². The van der Waals surface area contributed by atoms with Crippen molar-refractivity contribution in [2.24, 2.45) is 11.3 Å². The van der Waals surface area contributed by atoms with Gasteiger partial charge in [-0.2, -0.15) is 0 Å². The van der Waals surface area contributed by atoms with Crippen LogP contribution in [-0.4, -0.2) is 40.2 Å². The first-order valence-electron chi connectivity index (χ1n) is 9.05. The van der Waals surface area contributed by atoms with Gasteiger partial charge in [-0.15, -0.1) is 0 Å². The molecular formula is C21H26O6. The summed E-state index contributed by atoms with van der Waals surface area (Å²) >= 11 is 0. The number of esters is 1. The highest BCUT2D eigenvalue weighted by Gasteiger charge is 2.59. The Balaban J connectivity index is 2.29. The first-order valence-corrected chi connectivity index (χ1v) is 9.05. The first-order chi connectivity index (χ1) is 12.9. The lowest BCUT2D eigenvalue weighted by Crippen LogP contribution is -2.31. The Hall–Kier alpha value is -2.50. The zero-order valence-corrected chi connectivity index (χ0v) is 16.5. The summed E-state index contributed by atoms with van der Waals surface area (Å²) in [5.74, 6) is -0.386. The Kier molecular flexibility index (Phi) is 5.18. The second-order valence-corrected chi connectivity index (χ2v) is 7.22. The van der Waals surface area contributed by atoms with Crippen molar-refractivity contribution in [3.63, 3.8) is 0 Å². The van der Waals surface area contributed by atoms with Crippen LogP contribution in [0, 0.1) is 11.3 Å². The topological polar surface area (TPSA) is 71.1 Å². The predicted octanol–water partition coefficient (Wildman–Crippen LogP) is 3.28. The average Bonchev–Trinajstić information content (AvgIpc) is 2.93. The lowest BCUT2D eigenvalue weighted by Gasteiger charge is -2.37. The number of carbonyl (C=O) groups excluding carboxylic acids is 2. The number of allylic oxidation sites excluding steroid dienone is 2. The monoisotopic (exact) mass is 374 g/mol. The van der Waals surface area contributed by atoms with Gasteiger partial charge in [0.05, 0.1) is 28.4 Å². The van der Waals surface area contributed by atoms with Crippen LogP contribution in [0.25, 0.3) is 0 Å². The molecule has 0 spiro atoms. The lowest BCUT2D eigenvalue weighted by atomic mass is 9.66. The minimum Gasteiger partial charge on any atom is -0.496 e. The number of fused-ring (bicyclic) bond motifs is 1. The van der Waals surface area contributed by atoms with E-state index in [2.05, 4.69) is 0 Å². The van der Waals surface area contributed by atoms with Gasteiger partial charge in [0.2, 0.25) is 0 Å². The molecule has 2 aliphatic rings. The molecule has 0 N–H and O–H groups in total. The molecule has 0 aliphatic heterocycles. The van der Waals surface area contributed by atoms with Crippen LogP contribution in [0.5, 0.6) is 17.2 Å². The number of hydrogen-bond donors (Lipinski definition) is 0. The number of carbonyl (C=O) groups is 2. The molecule has 0 bridgehead atoms. The van der Waals surface area contributed by atoms with E-state index in [1.807, 2.05) is 13.0 Å². The van der Waals surface area contributed by atoms with Gasteiger partial charge in [-0.1, -0.05) is 13.0 Å². The van der Waals surface area contributed by atoms with Crippen molar-refractivity contribution in [2.75, 3.05) is 28.4 Å². The van der Waals surface area contributed by atoms with E-state index in [1.165, 1.54) is 7.11 Å². The van der Waals surface area contributed by atoms with Gasteiger partial charge in [0.1, 0.15) is 23.2 Å². The zero-order chi connectivity index (χ0) is 19.8. The highest BCUT2D eigenvalue weighted by Crippen LogP contribution is 2.61. The van der Waals surface area contributed by atoms with E-state index in [0.717, 1.165) is 19.3 Å². The van der Waals surface area contributed by atoms with Crippen LogP contribution in [-0.2, 0) is 14.3 Å². The number of methoxy groups -OCH3 is 4. The van der Waals surface area contributed by atoms with Crippen molar-refractivity contribution < 1.29 is 28.5 Å². The maximum atomic E-state index is 13.2. The molecule has 1 saturated carbocycles. The van der Waals surface area contributed by atoms with Crippen molar-refractivity contribution >= 4 is 11.8 Å². The van der Waals surface area contributed by atoms with Crippen molar-refractivity contribution in [3.8, 4) is 17.2 Å². The van der Waals surface area contributed by atoms with Crippen molar-refractivity contribution in [3.05, 3.63) is 29.3 Å². The largest absolute Gasteiger partial charge is 0.496 e. The fourth-order valence-electron chi connectivity index (χ4n) is 4.67. The van der Waals surface area contributed by atoms with Gasteiger partial charge in [-0.05, 0) is 24.8 Å². The average molecular weight is 374 g/mol. The second-order valence-electron chi connectivity index (χ2n) is 7.22. The van der Waals surface area contributed by atoms with Crippen LogP contribution in [0.3, 0.4) is 0 Å². The molecule has 0 aromatic heterocycles. The van der Waals surface area contributed by atoms with E-state index in [0.29, 0.717) is 28.4 Å². The molecule has 27 heavy (non-hydrogen) atoms. The quantitative estimate of drug-likeness (QED) is 0.582. The van der Waals surface area contributed by atoms with Crippen LogP contribution in [0.4, 0.5) is 0 Å². The number of hydrogen-bond acceptors (Lipinski definition) is 6. The number of benzene rings is 1. The third kappa shape index (κ3) is 2.87. The maximum Gasteiger partial charge on any atom is 0.317 e. The Bertz CT molecular complexity index is 771. The molecule has 1 aromatic carbocycles. The van der Waals surface area contributed by atoms with Gasteiger partial charge in [-0.25, -0.2) is 0 Å². The molecule has 146 valence electrons. The molecule has 2 aliphatic carbocycles. The van der Waals surface area contributed by atoms with E-state index < -0.39 is 23.2 Å². The molecule has 1 aromatic rings. The van der Waals surface area contributed by atoms with Crippen LogP contribution >= 0.6 is 0 Å². The van der Waals surface area contributed by atoms with Crippen molar-refractivity contribution in [1.82, 2.24) is 0 Å². The predicted molar refractivity (Wildman–Crippen MR) is 99.4 cm³/mol. The van der Waals surface area contributed by atoms with E-state index in [4.69, 9.17) is 18.9 Å². The third-order valence-electron chi connectivity index (χ3n) is 5.95. The first kappa shape index (κ1) is 19.3. The summed E-state index contributed by atoms with van der Waals surface area (Å²) in [7, 11) is 5.99. The fourth-order valence-corrected chi connectivity index (χ4v) is 4.67. The van der Waals surface area contributed by atoms with Gasteiger partial charge in [0, 0.05) is 29.0 Å². The summed E-state index contributed by atoms with van der Waals surface area (Å²) in [5, 5.41) is 0. The Morgan fingerprint density at radius 1 is 1.07 bits per heavy atom. The van der Waals surface area contributed by atoms with E-state index in [-0.39, 0.29) is 5.78 Å². The van der Waals surface area contributed by atoms with E-state index in [9.17, 15) is 9.59 Å². The van der Waals surface area contributed by atoms with E-state index in [1.54, 1.807) is 33.5 Å². The minimum atomic E-state index is -0.916. The summed E-state index contributed by atoms with van der Waals surface area (Å²) in [4.78, 5) is 25.8. The van der Waals surface area contributed by atoms with Crippen molar-refractivity contribution in [2.45, 2.75) is 32.1 Å². The summed E-state index contributed by atoms with van der Waals surface area (Å²) in [5.41, 5.74) is 0.940. The molecule has 0 amide bonds. The molecule has 0 heterocycles. The molecule has 0 saturated heterocycles. The normalized spacial score (nSPS) is 26.9. The van der Waals surface area contributed by atoms with Gasteiger partial charge >= 0.3 is 5.97 Å². The van der Waals surface area contributed by atoms with Crippen LogP contribution in [0.1, 0.15) is 37.7 Å². The van der Waals surface area contributed by atoms with Gasteiger partial charge in [0.15, 0.2) is 5.78 Å². The molecule has 6 nitrogen and oxygen atoms in total. The Labute approximate surface area is 159 Å². The molecule has 3 rings (SSSR count). The number of Topliss-reactive ketones (excluding diaryl/α,β-unsaturated/α-hetero) is 1. The SMILES string of the molecule is COC(=O)[C@@H]1C(=O)C2=CCCC[C@]2(C)[C@H]1c1c(OC)cc(OC)cc1OC. The van der Waals surface area contributed by atoms with Crippen LogP contribution < -0.4 is 14.2 Å². The van der Waals surface area contributed by atoms with Crippen molar-refractivity contribution in [1.29, 1.82) is 0 Å². The summed E-state index contributed by atoms with van der Waals surface area (Å²) in [6, 6.07) is 3.51. The third-order valence-corrected chi connectivity index (χ3v) is 5.95. The Morgan fingerprint density at radius 3 is 2.22 bits per heavy atom. The lowest BCUT2D eigenvalue weighted by molar-refractivity contribution is -0.148. The Morgan fingerprint density at radius 2 is 1.70 bits per heavy atom. The molecule has 3 atom stereocenters. The van der Waals surface area contributed by atoms with Crippen LogP contribution in [0.15, 0.2) is 23.8 Å². The molecule has 0 unspecified atom stereocenters. The fraction of sp³-hybridized carbons (Fsp3) is 0.524. The summed E-state index contributed by atoms with van der Waals surface area (Å²) < 4.78 is 21.6. The maximum absolute atomic E-state index is 13.2. The summed E-state index contributed by atoms with van der Waals surface area (Å²) in [6.07, 6.45) is 4.58. The number of rotatable bonds is 5. The minimum absolute atomic E-state index is 0.158. The van der Waals surface area contributed by atoms with Gasteiger partial charge in [-0.3, -0.25) is 9.59 Å². The number of ketones is 1. The summed E-state index contributed by atoms with van der Waals surface area (Å²) in [6.45, 7) is 2.05. The number of ether oxygens (including phenoxy) is 4. The molecule has 0 radical (unpaired) electrons. The highest BCUT2D eigenvalue weighted by atomic mass is 16.5. The second kappa shape index (κ2) is 7.25. The highest BCUT2D eigenvalue weighted by molar-refractivity contribution is 6.13.